The van der Waals surface area contributed by atoms with Crippen LogP contribution in [0.25, 0.3) is 11.4 Å². The molecule has 8 heteroatoms. The standard InChI is InChI=1S/C21H20FN3O4/c1-12-4-5-14(9-17(12)22)25-11-13(8-19(25)26)21-23-20(24-29-21)16-7-6-15(27-2)10-18(16)28-3/h4-7,9-10,13H,8,11H2,1-3H3/t13-/m1/s1. The number of methoxy groups -OCH3 is 2. The van der Waals surface area contributed by atoms with Gasteiger partial charge in [0.25, 0.3) is 0 Å². The minimum Gasteiger partial charge on any atom is -0.497 e. The minimum atomic E-state index is -0.342. The summed E-state index contributed by atoms with van der Waals surface area (Å²) >= 11 is 0. The Hall–Kier alpha value is -3.42. The first-order valence-electron chi connectivity index (χ1n) is 9.12. The van der Waals surface area contributed by atoms with E-state index in [1.807, 2.05) is 0 Å². The van der Waals surface area contributed by atoms with Gasteiger partial charge in [0.05, 0.1) is 25.7 Å². The maximum atomic E-state index is 13.9. The van der Waals surface area contributed by atoms with Gasteiger partial charge in [0.2, 0.25) is 17.6 Å². The summed E-state index contributed by atoms with van der Waals surface area (Å²) in [4.78, 5) is 18.5. The Morgan fingerprint density at radius 1 is 1.17 bits per heavy atom. The van der Waals surface area contributed by atoms with Gasteiger partial charge in [0.15, 0.2) is 0 Å². The third kappa shape index (κ3) is 3.53. The number of rotatable bonds is 5. The molecule has 150 valence electrons. The number of nitrogens with zero attached hydrogens (tertiary/aromatic N) is 3. The van der Waals surface area contributed by atoms with Crippen LogP contribution in [0.3, 0.4) is 0 Å². The molecule has 1 saturated heterocycles. The first-order valence-corrected chi connectivity index (χ1v) is 9.12. The van der Waals surface area contributed by atoms with Crippen molar-refractivity contribution in [3.05, 3.63) is 53.7 Å². The summed E-state index contributed by atoms with van der Waals surface area (Å²) in [5.41, 5.74) is 1.72. The van der Waals surface area contributed by atoms with Crippen LogP contribution < -0.4 is 14.4 Å². The number of aromatic nitrogens is 2. The summed E-state index contributed by atoms with van der Waals surface area (Å²) in [5.74, 6) is 1.21. The van der Waals surface area contributed by atoms with Crippen molar-refractivity contribution in [1.82, 2.24) is 10.1 Å². The number of halogens is 1. The summed E-state index contributed by atoms with van der Waals surface area (Å²) < 4.78 is 29.9. The number of benzene rings is 2. The van der Waals surface area contributed by atoms with Crippen molar-refractivity contribution in [2.75, 3.05) is 25.7 Å². The molecule has 0 saturated carbocycles. The third-order valence-corrected chi connectivity index (χ3v) is 5.03. The third-order valence-electron chi connectivity index (χ3n) is 5.03. The van der Waals surface area contributed by atoms with Gasteiger partial charge < -0.3 is 18.9 Å². The van der Waals surface area contributed by atoms with Gasteiger partial charge in [-0.3, -0.25) is 4.79 Å². The van der Waals surface area contributed by atoms with Crippen molar-refractivity contribution < 1.29 is 23.2 Å². The topological polar surface area (TPSA) is 77.7 Å². The van der Waals surface area contributed by atoms with Gasteiger partial charge in [-0.05, 0) is 36.8 Å². The van der Waals surface area contributed by atoms with Gasteiger partial charge in [-0.2, -0.15) is 4.98 Å². The zero-order chi connectivity index (χ0) is 20.5. The summed E-state index contributed by atoms with van der Waals surface area (Å²) in [6.45, 7) is 2.03. The van der Waals surface area contributed by atoms with Crippen LogP contribution in [0.5, 0.6) is 11.5 Å². The second-order valence-electron chi connectivity index (χ2n) is 6.86. The number of hydrogen-bond donors (Lipinski definition) is 0. The fourth-order valence-electron chi connectivity index (χ4n) is 3.37. The number of amides is 1. The molecule has 0 spiro atoms. The molecular weight excluding hydrogens is 377 g/mol. The second kappa shape index (κ2) is 7.54. The predicted molar refractivity (Wildman–Crippen MR) is 104 cm³/mol. The fraction of sp³-hybridized carbons (Fsp3) is 0.286. The van der Waals surface area contributed by atoms with Gasteiger partial charge >= 0.3 is 0 Å². The predicted octanol–water partition coefficient (Wildman–Crippen LogP) is 3.72. The lowest BCUT2D eigenvalue weighted by molar-refractivity contribution is -0.117. The van der Waals surface area contributed by atoms with E-state index in [2.05, 4.69) is 10.1 Å². The number of aryl methyl sites for hydroxylation is 1. The van der Waals surface area contributed by atoms with E-state index in [1.165, 1.54) is 6.07 Å². The summed E-state index contributed by atoms with van der Waals surface area (Å²) in [5, 5.41) is 4.05. The number of hydrogen-bond acceptors (Lipinski definition) is 6. The van der Waals surface area contributed by atoms with Gasteiger partial charge in [-0.1, -0.05) is 11.2 Å². The molecular formula is C21H20FN3O4. The van der Waals surface area contributed by atoms with Crippen LogP contribution in [-0.2, 0) is 4.79 Å². The van der Waals surface area contributed by atoms with Crippen molar-refractivity contribution in [2.24, 2.45) is 0 Å². The normalized spacial score (nSPS) is 16.3. The molecule has 0 bridgehead atoms. The maximum Gasteiger partial charge on any atom is 0.232 e. The van der Waals surface area contributed by atoms with Crippen LogP contribution in [0.1, 0.15) is 23.8 Å². The molecule has 29 heavy (non-hydrogen) atoms. The van der Waals surface area contributed by atoms with Crippen molar-refractivity contribution >= 4 is 11.6 Å². The van der Waals surface area contributed by atoms with Crippen molar-refractivity contribution in [2.45, 2.75) is 19.3 Å². The highest BCUT2D eigenvalue weighted by Gasteiger charge is 2.35. The van der Waals surface area contributed by atoms with Crippen molar-refractivity contribution in [3.63, 3.8) is 0 Å². The van der Waals surface area contributed by atoms with Crippen molar-refractivity contribution in [1.29, 1.82) is 0 Å². The summed E-state index contributed by atoms with van der Waals surface area (Å²) in [6.07, 6.45) is 0.219. The van der Waals surface area contributed by atoms with Crippen LogP contribution in [0.2, 0.25) is 0 Å². The van der Waals surface area contributed by atoms with Gasteiger partial charge in [0.1, 0.15) is 17.3 Å². The average Bonchev–Trinajstić information content (AvgIpc) is 3.36. The molecule has 0 N–H and O–H groups in total. The highest BCUT2D eigenvalue weighted by molar-refractivity contribution is 5.96. The smallest absolute Gasteiger partial charge is 0.232 e. The van der Waals surface area contributed by atoms with Crippen LogP contribution in [0.15, 0.2) is 40.9 Å². The Balaban J connectivity index is 1.57. The van der Waals surface area contributed by atoms with E-state index < -0.39 is 0 Å². The van der Waals surface area contributed by atoms with E-state index >= 15 is 0 Å². The maximum absolute atomic E-state index is 13.9. The number of carbonyl (C=O) groups excluding carboxylic acids is 1. The summed E-state index contributed by atoms with van der Waals surface area (Å²) in [6, 6.07) is 10.1. The molecule has 3 aromatic rings. The molecule has 2 heterocycles. The Kier molecular flexibility index (Phi) is 4.92. The van der Waals surface area contributed by atoms with Crippen LogP contribution in [0.4, 0.5) is 10.1 Å². The minimum absolute atomic E-state index is 0.111. The van der Waals surface area contributed by atoms with Crippen LogP contribution in [-0.4, -0.2) is 36.8 Å². The zero-order valence-corrected chi connectivity index (χ0v) is 16.3. The number of ether oxygens (including phenoxy) is 2. The average molecular weight is 397 g/mol. The molecule has 1 aliphatic heterocycles. The summed E-state index contributed by atoms with van der Waals surface area (Å²) in [7, 11) is 3.12. The zero-order valence-electron chi connectivity index (χ0n) is 16.3. The first-order chi connectivity index (χ1) is 14.0. The van der Waals surface area contributed by atoms with E-state index in [1.54, 1.807) is 56.4 Å². The molecule has 4 rings (SSSR count). The Morgan fingerprint density at radius 2 is 2.00 bits per heavy atom. The molecule has 0 aliphatic carbocycles. The van der Waals surface area contributed by atoms with E-state index in [0.29, 0.717) is 46.6 Å². The molecule has 1 aliphatic rings. The molecule has 2 aromatic carbocycles. The molecule has 1 aromatic heterocycles. The monoisotopic (exact) mass is 397 g/mol. The highest BCUT2D eigenvalue weighted by atomic mass is 19.1. The Morgan fingerprint density at radius 3 is 2.72 bits per heavy atom. The lowest BCUT2D eigenvalue weighted by atomic mass is 10.1. The Labute approximate surface area is 167 Å². The molecule has 7 nitrogen and oxygen atoms in total. The van der Waals surface area contributed by atoms with Crippen molar-refractivity contribution in [3.8, 4) is 22.9 Å². The number of anilines is 1. The first kappa shape index (κ1) is 18.9. The quantitative estimate of drug-likeness (QED) is 0.653. The van der Waals surface area contributed by atoms with Gasteiger partial charge in [-0.15, -0.1) is 0 Å². The molecule has 0 radical (unpaired) electrons. The largest absolute Gasteiger partial charge is 0.497 e. The molecule has 1 fully saturated rings. The lowest BCUT2D eigenvalue weighted by Gasteiger charge is -2.16. The molecule has 0 unspecified atom stereocenters. The van der Waals surface area contributed by atoms with E-state index in [-0.39, 0.29) is 24.1 Å². The highest BCUT2D eigenvalue weighted by Crippen LogP contribution is 2.35. The van der Waals surface area contributed by atoms with E-state index in [4.69, 9.17) is 14.0 Å². The fourth-order valence-corrected chi connectivity index (χ4v) is 3.37. The van der Waals surface area contributed by atoms with E-state index in [0.717, 1.165) is 0 Å². The van der Waals surface area contributed by atoms with Crippen LogP contribution >= 0.6 is 0 Å². The second-order valence-corrected chi connectivity index (χ2v) is 6.86. The lowest BCUT2D eigenvalue weighted by Crippen LogP contribution is -2.24. The molecule has 1 amide bonds. The van der Waals surface area contributed by atoms with Crippen LogP contribution in [0, 0.1) is 12.7 Å². The Bertz CT molecular complexity index is 1070. The SMILES string of the molecule is COc1ccc(-c2noc([C@@H]3CC(=O)N(c4ccc(C)c(F)c4)C3)n2)c(OC)c1. The number of carbonyl (C=O) groups is 1. The van der Waals surface area contributed by atoms with E-state index in [9.17, 15) is 9.18 Å². The molecule has 1 atom stereocenters. The van der Waals surface area contributed by atoms with Gasteiger partial charge in [-0.25, -0.2) is 4.39 Å². The van der Waals surface area contributed by atoms with Gasteiger partial charge in [0, 0.05) is 24.7 Å².